The van der Waals surface area contributed by atoms with Crippen LogP contribution < -0.4 is 0 Å². The van der Waals surface area contributed by atoms with E-state index in [1.807, 2.05) is 12.1 Å². The van der Waals surface area contributed by atoms with Gasteiger partial charge in [-0.2, -0.15) is 0 Å². The van der Waals surface area contributed by atoms with Crippen molar-refractivity contribution in [2.45, 2.75) is 39.0 Å². The highest BCUT2D eigenvalue weighted by atomic mass is 79.9. The second kappa shape index (κ2) is 7.62. The van der Waals surface area contributed by atoms with Crippen LogP contribution in [-0.2, 0) is 6.42 Å². The van der Waals surface area contributed by atoms with Crippen molar-refractivity contribution < 1.29 is 9.50 Å². The Morgan fingerprint density at radius 2 is 2.08 bits per heavy atom. The van der Waals surface area contributed by atoms with Gasteiger partial charge >= 0.3 is 0 Å². The van der Waals surface area contributed by atoms with Crippen molar-refractivity contribution in [3.8, 4) is 16.2 Å². The molecule has 0 saturated carbocycles. The van der Waals surface area contributed by atoms with Gasteiger partial charge in [-0.05, 0) is 52.5 Å². The first kappa shape index (κ1) is 17.4. The summed E-state index contributed by atoms with van der Waals surface area (Å²) in [5, 5.41) is 10.7. The van der Waals surface area contributed by atoms with Crippen LogP contribution in [0.25, 0.3) is 21.3 Å². The number of rotatable bonds is 6. The lowest BCUT2D eigenvalue weighted by atomic mass is 10.00. The van der Waals surface area contributed by atoms with Crippen LogP contribution in [-0.4, -0.2) is 10.1 Å². The molecule has 0 aliphatic carbocycles. The second-order valence-electron chi connectivity index (χ2n) is 5.87. The summed E-state index contributed by atoms with van der Waals surface area (Å²) in [5.74, 6) is -1.01. The number of phenols is 1. The molecule has 1 aromatic carbocycles. The quantitative estimate of drug-likeness (QED) is 0.461. The van der Waals surface area contributed by atoms with Crippen molar-refractivity contribution >= 4 is 38.2 Å². The molecule has 0 aliphatic heterocycles. The van der Waals surface area contributed by atoms with E-state index in [-0.39, 0.29) is 5.75 Å². The maximum Gasteiger partial charge on any atom is 0.178 e. The molecule has 126 valence electrons. The van der Waals surface area contributed by atoms with Crippen LogP contribution in [0.15, 0.2) is 34.2 Å². The van der Waals surface area contributed by atoms with Crippen LogP contribution in [0.2, 0.25) is 0 Å². The van der Waals surface area contributed by atoms with Crippen molar-refractivity contribution in [2.24, 2.45) is 0 Å². The summed E-state index contributed by atoms with van der Waals surface area (Å²) >= 11 is 5.16. The molecule has 0 unspecified atom stereocenters. The van der Waals surface area contributed by atoms with Crippen LogP contribution in [0.5, 0.6) is 5.75 Å². The third-order valence-corrected chi connectivity index (χ3v) is 5.86. The van der Waals surface area contributed by atoms with Gasteiger partial charge in [0.1, 0.15) is 5.52 Å². The van der Waals surface area contributed by atoms with Crippen LogP contribution in [0.4, 0.5) is 4.39 Å². The van der Waals surface area contributed by atoms with E-state index < -0.39 is 5.82 Å². The number of aromatic hydroxyl groups is 1. The Kier molecular flexibility index (Phi) is 5.51. The van der Waals surface area contributed by atoms with E-state index in [1.54, 1.807) is 17.5 Å². The van der Waals surface area contributed by atoms with Gasteiger partial charge in [0.2, 0.25) is 0 Å². The third-order valence-electron chi connectivity index (χ3n) is 4.14. The molecule has 24 heavy (non-hydrogen) atoms. The van der Waals surface area contributed by atoms with Crippen LogP contribution in [0.3, 0.4) is 0 Å². The van der Waals surface area contributed by atoms with Crippen molar-refractivity contribution in [3.63, 3.8) is 0 Å². The normalized spacial score (nSPS) is 11.3. The van der Waals surface area contributed by atoms with E-state index in [2.05, 4.69) is 33.9 Å². The highest BCUT2D eigenvalue weighted by Crippen LogP contribution is 2.42. The van der Waals surface area contributed by atoms with Crippen molar-refractivity contribution in [1.82, 2.24) is 4.98 Å². The molecule has 2 heterocycles. The van der Waals surface area contributed by atoms with Gasteiger partial charge in [-0.25, -0.2) is 4.39 Å². The predicted molar refractivity (Wildman–Crippen MR) is 102 cm³/mol. The van der Waals surface area contributed by atoms with E-state index in [9.17, 15) is 9.50 Å². The second-order valence-corrected chi connectivity index (χ2v) is 8.30. The molecule has 0 saturated heterocycles. The molecule has 2 aromatic heterocycles. The van der Waals surface area contributed by atoms with Crippen LogP contribution in [0.1, 0.15) is 38.2 Å². The van der Waals surface area contributed by atoms with E-state index in [0.29, 0.717) is 5.52 Å². The van der Waals surface area contributed by atoms with Crippen molar-refractivity contribution in [2.75, 3.05) is 0 Å². The maximum atomic E-state index is 14.2. The van der Waals surface area contributed by atoms with E-state index in [4.69, 9.17) is 0 Å². The third kappa shape index (κ3) is 3.47. The number of aryl methyl sites for hydroxylation is 1. The summed E-state index contributed by atoms with van der Waals surface area (Å²) in [4.78, 5) is 5.20. The Labute approximate surface area is 153 Å². The highest BCUT2D eigenvalue weighted by Gasteiger charge is 2.17. The first-order valence-corrected chi connectivity index (χ1v) is 9.77. The predicted octanol–water partition coefficient (Wildman–Crippen LogP) is 6.69. The molecule has 0 bridgehead atoms. The minimum atomic E-state index is -0.627. The fraction of sp³-hybridized carbons (Fsp3) is 0.316. The number of nitrogens with zero attached hydrogens (tertiary/aromatic N) is 1. The number of aromatic nitrogens is 1. The van der Waals surface area contributed by atoms with Gasteiger partial charge in [0, 0.05) is 22.0 Å². The smallest absolute Gasteiger partial charge is 0.178 e. The van der Waals surface area contributed by atoms with E-state index in [0.717, 1.165) is 32.5 Å². The van der Waals surface area contributed by atoms with Gasteiger partial charge in [0.15, 0.2) is 11.6 Å². The SMILES string of the molecule is CCCCCCc1cc(Br)sc1-c1cc(F)c(O)c2ncccc12. The number of benzene rings is 1. The number of hydrogen-bond donors (Lipinski definition) is 1. The van der Waals surface area contributed by atoms with Gasteiger partial charge in [0.05, 0.1) is 3.79 Å². The zero-order valence-electron chi connectivity index (χ0n) is 13.5. The van der Waals surface area contributed by atoms with Crippen LogP contribution >= 0.6 is 27.3 Å². The summed E-state index contributed by atoms with van der Waals surface area (Å²) in [7, 11) is 0. The Hall–Kier alpha value is -1.46. The molecule has 0 spiro atoms. The Balaban J connectivity index is 2.06. The number of unbranched alkanes of at least 4 members (excludes halogenated alkanes) is 3. The summed E-state index contributed by atoms with van der Waals surface area (Å²) in [6, 6.07) is 7.24. The number of pyridine rings is 1. The van der Waals surface area contributed by atoms with Gasteiger partial charge in [0.25, 0.3) is 0 Å². The molecule has 0 aliphatic rings. The summed E-state index contributed by atoms with van der Waals surface area (Å²) < 4.78 is 15.2. The maximum absolute atomic E-state index is 14.2. The van der Waals surface area contributed by atoms with E-state index in [1.165, 1.54) is 30.9 Å². The number of hydrogen-bond acceptors (Lipinski definition) is 3. The fourth-order valence-corrected chi connectivity index (χ4v) is 4.67. The molecule has 0 atom stereocenters. The van der Waals surface area contributed by atoms with Gasteiger partial charge < -0.3 is 5.11 Å². The van der Waals surface area contributed by atoms with Crippen molar-refractivity contribution in [3.05, 3.63) is 45.6 Å². The average molecular weight is 408 g/mol. The first-order valence-electron chi connectivity index (χ1n) is 8.16. The zero-order chi connectivity index (χ0) is 17.1. The lowest BCUT2D eigenvalue weighted by Crippen LogP contribution is -1.91. The first-order chi connectivity index (χ1) is 11.6. The highest BCUT2D eigenvalue weighted by molar-refractivity contribution is 9.11. The average Bonchev–Trinajstić information content (AvgIpc) is 2.95. The summed E-state index contributed by atoms with van der Waals surface area (Å²) in [6.07, 6.45) is 7.32. The molecule has 5 heteroatoms. The number of halogens is 2. The summed E-state index contributed by atoms with van der Waals surface area (Å²) in [5.41, 5.74) is 2.33. The molecular formula is C19H19BrFNOS. The number of fused-ring (bicyclic) bond motifs is 1. The largest absolute Gasteiger partial charge is 0.503 e. The molecule has 0 fully saturated rings. The topological polar surface area (TPSA) is 33.1 Å². The molecule has 3 rings (SSSR count). The van der Waals surface area contributed by atoms with Crippen LogP contribution in [0, 0.1) is 5.82 Å². The minimum Gasteiger partial charge on any atom is -0.503 e. The Bertz CT molecular complexity index is 862. The van der Waals surface area contributed by atoms with Gasteiger partial charge in [-0.1, -0.05) is 32.3 Å². The molecule has 1 N–H and O–H groups in total. The standard InChI is InChI=1S/C19H19BrFNOS/c1-2-3-4-5-7-12-10-16(20)24-19(12)14-11-15(21)18(23)17-13(14)8-6-9-22-17/h6,8-11,23H,2-5,7H2,1H3. The fourth-order valence-electron chi connectivity index (χ4n) is 2.94. The molecular weight excluding hydrogens is 389 g/mol. The number of thiophene rings is 1. The van der Waals surface area contributed by atoms with Crippen molar-refractivity contribution in [1.29, 1.82) is 0 Å². The Morgan fingerprint density at radius 3 is 2.88 bits per heavy atom. The number of phenolic OH excluding ortho intramolecular Hbond substituents is 1. The molecule has 0 radical (unpaired) electrons. The molecule has 3 aromatic rings. The van der Waals surface area contributed by atoms with E-state index >= 15 is 0 Å². The Morgan fingerprint density at radius 1 is 1.25 bits per heavy atom. The zero-order valence-corrected chi connectivity index (χ0v) is 15.9. The molecule has 2 nitrogen and oxygen atoms in total. The lowest BCUT2D eigenvalue weighted by Gasteiger charge is -2.09. The van der Waals surface area contributed by atoms with Gasteiger partial charge in [-0.15, -0.1) is 11.3 Å². The monoisotopic (exact) mass is 407 g/mol. The molecule has 0 amide bonds. The van der Waals surface area contributed by atoms with Gasteiger partial charge in [-0.3, -0.25) is 4.98 Å². The summed E-state index contributed by atoms with van der Waals surface area (Å²) in [6.45, 7) is 2.20. The minimum absolute atomic E-state index is 0.314. The lowest BCUT2D eigenvalue weighted by molar-refractivity contribution is 0.438.